The van der Waals surface area contributed by atoms with E-state index in [1.54, 1.807) is 7.11 Å². The third-order valence-corrected chi connectivity index (χ3v) is 2.94. The highest BCUT2D eigenvalue weighted by molar-refractivity contribution is 7.80. The molecule has 0 atom stereocenters. The predicted octanol–water partition coefficient (Wildman–Crippen LogP) is 2.91. The molecule has 0 aliphatic carbocycles. The van der Waals surface area contributed by atoms with Crippen LogP contribution in [-0.4, -0.2) is 12.1 Å². The molecule has 19 heavy (non-hydrogen) atoms. The van der Waals surface area contributed by atoms with E-state index in [0.29, 0.717) is 11.6 Å². The standard InChI is InChI=1S/C15H15NO2S/c1-17-12-6-4-7-13(9-12)18-10-11-5-2-3-8-14(11)15(16)19/h2-9H,10H2,1H3,(H2,16,19). The number of methoxy groups -OCH3 is 1. The number of thiocarbonyl (C=S) groups is 1. The van der Waals surface area contributed by atoms with Crippen molar-refractivity contribution in [1.29, 1.82) is 0 Å². The number of nitrogens with two attached hydrogens (primary N) is 1. The first kappa shape index (κ1) is 13.4. The summed E-state index contributed by atoms with van der Waals surface area (Å²) < 4.78 is 10.9. The lowest BCUT2D eigenvalue weighted by Crippen LogP contribution is -2.13. The van der Waals surface area contributed by atoms with Crippen LogP contribution in [0.1, 0.15) is 11.1 Å². The maximum Gasteiger partial charge on any atom is 0.123 e. The summed E-state index contributed by atoms with van der Waals surface area (Å²) in [6.07, 6.45) is 0. The molecule has 98 valence electrons. The molecule has 0 unspecified atom stereocenters. The molecule has 4 heteroatoms. The van der Waals surface area contributed by atoms with Gasteiger partial charge in [-0.05, 0) is 17.7 Å². The van der Waals surface area contributed by atoms with Gasteiger partial charge in [0.2, 0.25) is 0 Å². The van der Waals surface area contributed by atoms with Crippen LogP contribution in [0.2, 0.25) is 0 Å². The fraction of sp³-hybridized carbons (Fsp3) is 0.133. The van der Waals surface area contributed by atoms with Gasteiger partial charge < -0.3 is 15.2 Å². The van der Waals surface area contributed by atoms with Crippen molar-refractivity contribution in [3.63, 3.8) is 0 Å². The minimum absolute atomic E-state index is 0.379. The van der Waals surface area contributed by atoms with E-state index < -0.39 is 0 Å². The summed E-state index contributed by atoms with van der Waals surface area (Å²) in [5.74, 6) is 1.51. The second-order valence-corrected chi connectivity index (χ2v) is 4.43. The lowest BCUT2D eigenvalue weighted by atomic mass is 10.1. The number of rotatable bonds is 5. The van der Waals surface area contributed by atoms with Crippen LogP contribution in [0.5, 0.6) is 11.5 Å². The Morgan fingerprint density at radius 1 is 1.11 bits per heavy atom. The molecule has 0 amide bonds. The van der Waals surface area contributed by atoms with E-state index in [0.717, 1.165) is 22.6 Å². The van der Waals surface area contributed by atoms with Crippen molar-refractivity contribution in [1.82, 2.24) is 0 Å². The van der Waals surface area contributed by atoms with Crippen molar-refractivity contribution < 1.29 is 9.47 Å². The van der Waals surface area contributed by atoms with Crippen LogP contribution < -0.4 is 15.2 Å². The molecule has 2 rings (SSSR count). The van der Waals surface area contributed by atoms with Crippen LogP contribution in [0.25, 0.3) is 0 Å². The Labute approximate surface area is 118 Å². The Morgan fingerprint density at radius 3 is 2.58 bits per heavy atom. The summed E-state index contributed by atoms with van der Waals surface area (Å²) in [5.41, 5.74) is 7.50. The van der Waals surface area contributed by atoms with Gasteiger partial charge >= 0.3 is 0 Å². The zero-order valence-corrected chi connectivity index (χ0v) is 11.4. The molecule has 0 bridgehead atoms. The SMILES string of the molecule is COc1cccc(OCc2ccccc2C(N)=S)c1. The van der Waals surface area contributed by atoms with Crippen LogP contribution in [0, 0.1) is 0 Å². The highest BCUT2D eigenvalue weighted by Gasteiger charge is 2.05. The van der Waals surface area contributed by atoms with Crippen LogP contribution in [-0.2, 0) is 6.61 Å². The van der Waals surface area contributed by atoms with Crippen molar-refractivity contribution in [3.8, 4) is 11.5 Å². The summed E-state index contributed by atoms with van der Waals surface area (Å²) >= 11 is 5.02. The Balaban J connectivity index is 2.12. The second-order valence-electron chi connectivity index (χ2n) is 3.99. The van der Waals surface area contributed by atoms with Gasteiger partial charge in [-0.3, -0.25) is 0 Å². The maximum atomic E-state index is 5.73. The first-order valence-electron chi connectivity index (χ1n) is 5.85. The third-order valence-electron chi connectivity index (χ3n) is 2.72. The van der Waals surface area contributed by atoms with Gasteiger partial charge in [0.05, 0.1) is 7.11 Å². The summed E-state index contributed by atoms with van der Waals surface area (Å²) in [5, 5.41) is 0. The highest BCUT2D eigenvalue weighted by Crippen LogP contribution is 2.20. The molecule has 0 aromatic heterocycles. The van der Waals surface area contributed by atoms with E-state index in [1.807, 2.05) is 48.5 Å². The van der Waals surface area contributed by atoms with E-state index in [2.05, 4.69) is 0 Å². The first-order valence-corrected chi connectivity index (χ1v) is 6.26. The summed E-state index contributed by atoms with van der Waals surface area (Å²) in [6.45, 7) is 0.417. The monoisotopic (exact) mass is 273 g/mol. The first-order chi connectivity index (χ1) is 9.20. The third kappa shape index (κ3) is 3.45. The van der Waals surface area contributed by atoms with E-state index in [4.69, 9.17) is 27.4 Å². The topological polar surface area (TPSA) is 44.5 Å². The van der Waals surface area contributed by atoms with E-state index in [9.17, 15) is 0 Å². The lowest BCUT2D eigenvalue weighted by Gasteiger charge is -2.10. The van der Waals surface area contributed by atoms with Gasteiger partial charge in [-0.25, -0.2) is 0 Å². The molecule has 2 aromatic rings. The highest BCUT2D eigenvalue weighted by atomic mass is 32.1. The molecule has 0 spiro atoms. The fourth-order valence-electron chi connectivity index (χ4n) is 1.74. The molecule has 2 N–H and O–H groups in total. The zero-order valence-electron chi connectivity index (χ0n) is 10.6. The van der Waals surface area contributed by atoms with Crippen LogP contribution in [0.15, 0.2) is 48.5 Å². The smallest absolute Gasteiger partial charge is 0.123 e. The van der Waals surface area contributed by atoms with Crippen molar-refractivity contribution in [2.45, 2.75) is 6.61 Å². The molecule has 2 aromatic carbocycles. The van der Waals surface area contributed by atoms with Gasteiger partial charge in [0, 0.05) is 11.6 Å². The number of hydrogen-bond acceptors (Lipinski definition) is 3. The van der Waals surface area contributed by atoms with Gasteiger partial charge in [0.1, 0.15) is 23.1 Å². The lowest BCUT2D eigenvalue weighted by molar-refractivity contribution is 0.303. The summed E-state index contributed by atoms with van der Waals surface area (Å²) in [6, 6.07) is 15.2. The maximum absolute atomic E-state index is 5.73. The quantitative estimate of drug-likeness (QED) is 0.851. The molecule has 0 saturated heterocycles. The molecule has 0 aliphatic heterocycles. The van der Waals surface area contributed by atoms with E-state index in [1.165, 1.54) is 0 Å². The van der Waals surface area contributed by atoms with Gasteiger partial charge in [-0.2, -0.15) is 0 Å². The predicted molar refractivity (Wildman–Crippen MR) is 79.7 cm³/mol. The molecule has 0 heterocycles. The number of ether oxygens (including phenoxy) is 2. The van der Waals surface area contributed by atoms with E-state index in [-0.39, 0.29) is 0 Å². The van der Waals surface area contributed by atoms with Crippen molar-refractivity contribution in [3.05, 3.63) is 59.7 Å². The van der Waals surface area contributed by atoms with Gasteiger partial charge in [0.25, 0.3) is 0 Å². The Hall–Kier alpha value is -2.07. The van der Waals surface area contributed by atoms with Crippen LogP contribution in [0.4, 0.5) is 0 Å². The van der Waals surface area contributed by atoms with Crippen LogP contribution >= 0.6 is 12.2 Å². The minimum atomic E-state index is 0.379. The normalized spacial score (nSPS) is 9.95. The van der Waals surface area contributed by atoms with Crippen molar-refractivity contribution in [2.75, 3.05) is 7.11 Å². The Bertz CT molecular complexity index is 584. The number of hydrogen-bond donors (Lipinski definition) is 1. The van der Waals surface area contributed by atoms with Crippen molar-refractivity contribution >= 4 is 17.2 Å². The molecular formula is C15H15NO2S. The Kier molecular flexibility index (Phi) is 4.36. The molecule has 3 nitrogen and oxygen atoms in total. The fourth-order valence-corrected chi connectivity index (χ4v) is 1.94. The zero-order chi connectivity index (χ0) is 13.7. The van der Waals surface area contributed by atoms with Gasteiger partial charge in [-0.1, -0.05) is 42.5 Å². The summed E-state index contributed by atoms with van der Waals surface area (Å²) in [7, 11) is 1.63. The van der Waals surface area contributed by atoms with Gasteiger partial charge in [0.15, 0.2) is 0 Å². The molecule has 0 saturated carbocycles. The van der Waals surface area contributed by atoms with Crippen LogP contribution in [0.3, 0.4) is 0 Å². The van der Waals surface area contributed by atoms with Gasteiger partial charge in [-0.15, -0.1) is 0 Å². The largest absolute Gasteiger partial charge is 0.497 e. The van der Waals surface area contributed by atoms with Crippen molar-refractivity contribution in [2.24, 2.45) is 5.73 Å². The average Bonchev–Trinajstić information content (AvgIpc) is 2.45. The molecule has 0 radical (unpaired) electrons. The second kappa shape index (κ2) is 6.20. The molecule has 0 aliphatic rings. The summed E-state index contributed by atoms with van der Waals surface area (Å²) in [4.78, 5) is 0.379. The minimum Gasteiger partial charge on any atom is -0.497 e. The Morgan fingerprint density at radius 2 is 1.84 bits per heavy atom. The average molecular weight is 273 g/mol. The van der Waals surface area contributed by atoms with E-state index >= 15 is 0 Å². The molecular weight excluding hydrogens is 258 g/mol. The molecule has 0 fully saturated rings. The number of benzene rings is 2.